The maximum Gasteiger partial charge on any atom is 0.344 e. The first-order valence-corrected chi connectivity index (χ1v) is 9.32. The van der Waals surface area contributed by atoms with E-state index in [-0.39, 0.29) is 6.61 Å². The number of para-hydroxylation sites is 1. The van der Waals surface area contributed by atoms with Gasteiger partial charge in [-0.05, 0) is 50.2 Å². The van der Waals surface area contributed by atoms with Crippen molar-refractivity contribution in [3.8, 4) is 17.2 Å². The number of ether oxygens (including phenoxy) is 3. The second-order valence-corrected chi connectivity index (χ2v) is 6.47. The molecule has 0 fully saturated rings. The first kappa shape index (κ1) is 20.9. The Hall–Kier alpha value is -3.81. The summed E-state index contributed by atoms with van der Waals surface area (Å²) in [5, 5.41) is 7.23. The molecule has 0 aliphatic rings. The van der Waals surface area contributed by atoms with Crippen LogP contribution in [0.5, 0.6) is 11.5 Å². The van der Waals surface area contributed by atoms with Gasteiger partial charge in [0, 0.05) is 0 Å². The summed E-state index contributed by atoms with van der Waals surface area (Å²) in [5.74, 6) is 0.0838. The molecule has 1 aromatic heterocycles. The number of hydrogen-bond acceptors (Lipinski definition) is 6. The standard InChI is InChI=1S/C22H23N3O5/c1-15-22(16(2)25(24-15)17-7-5-4-6-8-17)23-20(26)13-30-21(27)14-29-19-11-9-18(28-3)10-12-19/h4-12H,13-14H2,1-3H3,(H,23,26). The lowest BCUT2D eigenvalue weighted by Crippen LogP contribution is -2.24. The first-order chi connectivity index (χ1) is 14.5. The minimum absolute atomic E-state index is 0.302. The largest absolute Gasteiger partial charge is 0.497 e. The van der Waals surface area contributed by atoms with E-state index in [9.17, 15) is 9.59 Å². The number of esters is 1. The number of carbonyl (C=O) groups excluding carboxylic acids is 2. The summed E-state index contributed by atoms with van der Waals surface area (Å²) in [6.45, 7) is 2.94. The van der Waals surface area contributed by atoms with Crippen molar-refractivity contribution in [1.29, 1.82) is 0 Å². The number of nitrogens with zero attached hydrogens (tertiary/aromatic N) is 2. The quantitative estimate of drug-likeness (QED) is 0.575. The second-order valence-electron chi connectivity index (χ2n) is 6.47. The molecule has 3 aromatic rings. The molecule has 8 nitrogen and oxygen atoms in total. The van der Waals surface area contributed by atoms with Crippen LogP contribution in [0.15, 0.2) is 54.6 Å². The number of methoxy groups -OCH3 is 1. The van der Waals surface area contributed by atoms with Crippen molar-refractivity contribution in [2.24, 2.45) is 0 Å². The van der Waals surface area contributed by atoms with Crippen molar-refractivity contribution in [3.63, 3.8) is 0 Å². The Labute approximate surface area is 174 Å². The van der Waals surface area contributed by atoms with Crippen LogP contribution in [-0.2, 0) is 14.3 Å². The molecule has 0 aliphatic carbocycles. The normalized spacial score (nSPS) is 10.4. The predicted octanol–water partition coefficient (Wildman–Crippen LogP) is 3.06. The van der Waals surface area contributed by atoms with Gasteiger partial charge in [-0.25, -0.2) is 9.48 Å². The van der Waals surface area contributed by atoms with E-state index in [2.05, 4.69) is 10.4 Å². The lowest BCUT2D eigenvalue weighted by Gasteiger charge is -2.09. The van der Waals surface area contributed by atoms with Gasteiger partial charge in [0.2, 0.25) is 0 Å². The van der Waals surface area contributed by atoms with Crippen LogP contribution in [0.2, 0.25) is 0 Å². The zero-order chi connectivity index (χ0) is 21.5. The lowest BCUT2D eigenvalue weighted by atomic mass is 10.3. The highest BCUT2D eigenvalue weighted by atomic mass is 16.6. The van der Waals surface area contributed by atoms with Crippen LogP contribution in [-0.4, -0.2) is 42.0 Å². The topological polar surface area (TPSA) is 91.7 Å². The molecule has 30 heavy (non-hydrogen) atoms. The zero-order valence-corrected chi connectivity index (χ0v) is 17.0. The van der Waals surface area contributed by atoms with Gasteiger partial charge < -0.3 is 19.5 Å². The van der Waals surface area contributed by atoms with Crippen LogP contribution < -0.4 is 14.8 Å². The van der Waals surface area contributed by atoms with E-state index in [0.717, 1.165) is 11.4 Å². The van der Waals surface area contributed by atoms with Crippen molar-refractivity contribution in [2.75, 3.05) is 25.6 Å². The summed E-state index contributed by atoms with van der Waals surface area (Å²) < 4.78 is 17.1. The monoisotopic (exact) mass is 409 g/mol. The third kappa shape index (κ3) is 5.16. The Morgan fingerprint density at radius 2 is 1.63 bits per heavy atom. The molecule has 3 rings (SSSR count). The Morgan fingerprint density at radius 3 is 2.30 bits per heavy atom. The number of carbonyl (C=O) groups is 2. The Morgan fingerprint density at radius 1 is 0.967 bits per heavy atom. The fourth-order valence-electron chi connectivity index (χ4n) is 2.82. The SMILES string of the molecule is COc1ccc(OCC(=O)OCC(=O)Nc2c(C)nn(-c3ccccc3)c2C)cc1. The number of aromatic nitrogens is 2. The third-order valence-corrected chi connectivity index (χ3v) is 4.34. The summed E-state index contributed by atoms with van der Waals surface area (Å²) in [6, 6.07) is 16.4. The molecule has 1 heterocycles. The van der Waals surface area contributed by atoms with Gasteiger partial charge in [-0.1, -0.05) is 18.2 Å². The van der Waals surface area contributed by atoms with Crippen LogP contribution in [0.1, 0.15) is 11.4 Å². The Bertz CT molecular complexity index is 1010. The minimum atomic E-state index is -0.644. The van der Waals surface area contributed by atoms with E-state index in [4.69, 9.17) is 14.2 Å². The number of rotatable bonds is 8. The van der Waals surface area contributed by atoms with Gasteiger partial charge in [-0.2, -0.15) is 5.10 Å². The minimum Gasteiger partial charge on any atom is -0.497 e. The zero-order valence-electron chi connectivity index (χ0n) is 17.0. The average molecular weight is 409 g/mol. The summed E-state index contributed by atoms with van der Waals surface area (Å²) in [7, 11) is 1.56. The highest BCUT2D eigenvalue weighted by molar-refractivity contribution is 5.94. The van der Waals surface area contributed by atoms with Gasteiger partial charge in [0.05, 0.1) is 29.9 Å². The molecule has 0 saturated carbocycles. The molecule has 156 valence electrons. The molecule has 0 saturated heterocycles. The van der Waals surface area contributed by atoms with E-state index in [0.29, 0.717) is 22.9 Å². The highest BCUT2D eigenvalue weighted by Gasteiger charge is 2.16. The van der Waals surface area contributed by atoms with E-state index >= 15 is 0 Å². The maximum atomic E-state index is 12.2. The molecule has 0 spiro atoms. The highest BCUT2D eigenvalue weighted by Crippen LogP contribution is 2.22. The molecule has 0 unspecified atom stereocenters. The molecule has 8 heteroatoms. The maximum absolute atomic E-state index is 12.2. The van der Waals surface area contributed by atoms with Gasteiger partial charge in [0.15, 0.2) is 13.2 Å². The molecule has 0 radical (unpaired) electrons. The number of aryl methyl sites for hydroxylation is 1. The van der Waals surface area contributed by atoms with E-state index < -0.39 is 18.5 Å². The molecule has 1 N–H and O–H groups in total. The molecule has 0 bridgehead atoms. The first-order valence-electron chi connectivity index (χ1n) is 9.32. The van der Waals surface area contributed by atoms with Crippen LogP contribution in [0.25, 0.3) is 5.69 Å². The van der Waals surface area contributed by atoms with Crippen molar-refractivity contribution < 1.29 is 23.8 Å². The summed E-state index contributed by atoms with van der Waals surface area (Å²) >= 11 is 0. The molecular weight excluding hydrogens is 386 g/mol. The summed E-state index contributed by atoms with van der Waals surface area (Å²) in [5.41, 5.74) is 2.93. The Balaban J connectivity index is 1.51. The van der Waals surface area contributed by atoms with Crippen LogP contribution >= 0.6 is 0 Å². The molecule has 1 amide bonds. The summed E-state index contributed by atoms with van der Waals surface area (Å²) in [4.78, 5) is 24.1. The molecular formula is C22H23N3O5. The van der Waals surface area contributed by atoms with E-state index in [1.165, 1.54) is 0 Å². The number of benzene rings is 2. The van der Waals surface area contributed by atoms with Gasteiger partial charge >= 0.3 is 5.97 Å². The number of amides is 1. The molecule has 0 atom stereocenters. The fraction of sp³-hybridized carbons (Fsp3) is 0.227. The van der Waals surface area contributed by atoms with Crippen molar-refractivity contribution in [3.05, 3.63) is 66.0 Å². The number of anilines is 1. The smallest absolute Gasteiger partial charge is 0.344 e. The van der Waals surface area contributed by atoms with Gasteiger partial charge in [0.1, 0.15) is 11.5 Å². The van der Waals surface area contributed by atoms with Gasteiger partial charge in [-0.15, -0.1) is 0 Å². The fourth-order valence-corrected chi connectivity index (χ4v) is 2.82. The third-order valence-electron chi connectivity index (χ3n) is 4.34. The van der Waals surface area contributed by atoms with Crippen LogP contribution in [0.4, 0.5) is 5.69 Å². The number of hydrogen-bond donors (Lipinski definition) is 1. The van der Waals surface area contributed by atoms with E-state index in [1.54, 1.807) is 43.0 Å². The van der Waals surface area contributed by atoms with Crippen molar-refractivity contribution in [1.82, 2.24) is 9.78 Å². The van der Waals surface area contributed by atoms with Crippen LogP contribution in [0, 0.1) is 13.8 Å². The van der Waals surface area contributed by atoms with Gasteiger partial charge in [0.25, 0.3) is 5.91 Å². The van der Waals surface area contributed by atoms with Gasteiger partial charge in [-0.3, -0.25) is 4.79 Å². The molecule has 0 aliphatic heterocycles. The second kappa shape index (κ2) is 9.60. The lowest BCUT2D eigenvalue weighted by molar-refractivity contribution is -0.149. The number of nitrogens with one attached hydrogen (secondary N) is 1. The summed E-state index contributed by atoms with van der Waals surface area (Å²) in [6.07, 6.45) is 0. The molecule has 2 aromatic carbocycles. The average Bonchev–Trinajstić information content (AvgIpc) is 3.05. The van der Waals surface area contributed by atoms with E-state index in [1.807, 2.05) is 37.3 Å². The van der Waals surface area contributed by atoms with Crippen molar-refractivity contribution >= 4 is 17.6 Å². The predicted molar refractivity (Wildman–Crippen MR) is 111 cm³/mol. The van der Waals surface area contributed by atoms with Crippen LogP contribution in [0.3, 0.4) is 0 Å². The van der Waals surface area contributed by atoms with Crippen molar-refractivity contribution in [2.45, 2.75) is 13.8 Å². The Kier molecular flexibility index (Phi) is 6.69.